The van der Waals surface area contributed by atoms with Crippen molar-refractivity contribution in [3.63, 3.8) is 0 Å². The van der Waals surface area contributed by atoms with Crippen molar-refractivity contribution in [1.82, 2.24) is 4.31 Å². The van der Waals surface area contributed by atoms with Crippen LogP contribution in [0.1, 0.15) is 32.1 Å². The largest absolute Gasteiger partial charge is 0.213 e. The zero-order valence-corrected chi connectivity index (χ0v) is 10.9. The maximum absolute atomic E-state index is 11.7. The van der Waals surface area contributed by atoms with Crippen LogP contribution in [-0.4, -0.2) is 37.9 Å². The Labute approximate surface area is 97.8 Å². The Bertz CT molecular complexity index is 273. The summed E-state index contributed by atoms with van der Waals surface area (Å²) in [5.74, 6) is 1.16. The minimum atomic E-state index is -3.06. The lowest BCUT2D eigenvalue weighted by molar-refractivity contribution is 0.387. The van der Waals surface area contributed by atoms with Gasteiger partial charge in [0.15, 0.2) is 0 Å². The minimum absolute atomic E-state index is 0.180. The van der Waals surface area contributed by atoms with E-state index in [4.69, 9.17) is 11.6 Å². The first kappa shape index (κ1) is 13.3. The van der Waals surface area contributed by atoms with Gasteiger partial charge in [0.2, 0.25) is 10.0 Å². The second-order valence-corrected chi connectivity index (χ2v) is 6.86. The van der Waals surface area contributed by atoms with E-state index in [1.54, 1.807) is 7.05 Å². The fraction of sp³-hybridized carbons (Fsp3) is 1.00. The molecule has 0 amide bonds. The van der Waals surface area contributed by atoms with Gasteiger partial charge in [-0.15, -0.1) is 11.6 Å². The number of hydrogen-bond acceptors (Lipinski definition) is 2. The fourth-order valence-electron chi connectivity index (χ4n) is 2.06. The third kappa shape index (κ3) is 4.29. The molecule has 15 heavy (non-hydrogen) atoms. The van der Waals surface area contributed by atoms with Gasteiger partial charge in [-0.2, -0.15) is 0 Å². The first-order valence-electron chi connectivity index (χ1n) is 5.56. The molecule has 0 saturated heterocycles. The molecule has 1 fully saturated rings. The van der Waals surface area contributed by atoms with Crippen LogP contribution in [0.15, 0.2) is 0 Å². The van der Waals surface area contributed by atoms with Crippen LogP contribution in [0.3, 0.4) is 0 Å². The highest BCUT2D eigenvalue weighted by atomic mass is 35.5. The summed E-state index contributed by atoms with van der Waals surface area (Å²) in [6, 6.07) is 0. The van der Waals surface area contributed by atoms with Crippen molar-refractivity contribution in [3.8, 4) is 0 Å². The van der Waals surface area contributed by atoms with E-state index in [0.717, 1.165) is 0 Å². The lowest BCUT2D eigenvalue weighted by atomic mass is 10.1. The van der Waals surface area contributed by atoms with E-state index in [9.17, 15) is 8.42 Å². The molecule has 0 spiro atoms. The summed E-state index contributed by atoms with van der Waals surface area (Å²) in [4.78, 5) is 0. The second-order valence-electron chi connectivity index (χ2n) is 4.29. The van der Waals surface area contributed by atoms with Crippen LogP contribution in [-0.2, 0) is 10.0 Å². The Hall–Kier alpha value is 0.200. The van der Waals surface area contributed by atoms with Crippen molar-refractivity contribution in [1.29, 1.82) is 0 Å². The summed E-state index contributed by atoms with van der Waals surface area (Å²) in [5, 5.41) is 0. The van der Waals surface area contributed by atoms with Gasteiger partial charge >= 0.3 is 0 Å². The van der Waals surface area contributed by atoms with E-state index in [1.165, 1.54) is 30.0 Å². The van der Waals surface area contributed by atoms with Gasteiger partial charge in [-0.3, -0.25) is 0 Å². The van der Waals surface area contributed by atoms with Crippen LogP contribution >= 0.6 is 11.6 Å². The van der Waals surface area contributed by atoms with Crippen LogP contribution in [0.25, 0.3) is 0 Å². The smallest absolute Gasteiger partial charge is 0.212 e. The molecule has 0 aromatic carbocycles. The zero-order valence-electron chi connectivity index (χ0n) is 9.28. The van der Waals surface area contributed by atoms with Gasteiger partial charge in [0, 0.05) is 19.5 Å². The maximum atomic E-state index is 11.7. The molecule has 0 radical (unpaired) electrons. The lowest BCUT2D eigenvalue weighted by Gasteiger charge is -2.20. The molecule has 0 heterocycles. The standard InChI is InChI=1S/C10H20ClNO2S/c1-12(9-10-5-2-3-6-10)15(13,14)8-4-7-11/h10H,2-9H2,1H3. The van der Waals surface area contributed by atoms with Crippen LogP contribution in [0, 0.1) is 5.92 Å². The summed E-state index contributed by atoms with van der Waals surface area (Å²) in [7, 11) is -1.38. The summed E-state index contributed by atoms with van der Waals surface area (Å²) < 4.78 is 25.0. The van der Waals surface area contributed by atoms with Gasteiger partial charge in [-0.1, -0.05) is 12.8 Å². The Morgan fingerprint density at radius 2 is 1.93 bits per heavy atom. The van der Waals surface area contributed by atoms with Gasteiger partial charge in [0.1, 0.15) is 0 Å². The molecule has 5 heteroatoms. The van der Waals surface area contributed by atoms with Crippen LogP contribution in [0.5, 0.6) is 0 Å². The summed E-state index contributed by atoms with van der Waals surface area (Å²) in [6.45, 7) is 0.685. The first-order chi connectivity index (χ1) is 7.06. The number of sulfonamides is 1. The number of halogens is 1. The van der Waals surface area contributed by atoms with E-state index in [1.807, 2.05) is 0 Å². The number of nitrogens with zero attached hydrogens (tertiary/aromatic N) is 1. The van der Waals surface area contributed by atoms with Crippen molar-refractivity contribution in [2.24, 2.45) is 5.92 Å². The van der Waals surface area contributed by atoms with Gasteiger partial charge < -0.3 is 0 Å². The topological polar surface area (TPSA) is 37.4 Å². The van der Waals surface area contributed by atoms with Gasteiger partial charge in [-0.05, 0) is 25.2 Å². The summed E-state index contributed by atoms with van der Waals surface area (Å²) in [5.41, 5.74) is 0. The second kappa shape index (κ2) is 6.06. The molecule has 1 aliphatic rings. The molecule has 1 saturated carbocycles. The van der Waals surface area contributed by atoms with Gasteiger partial charge in [0.05, 0.1) is 5.75 Å². The molecule has 1 aliphatic carbocycles. The molecule has 0 aromatic rings. The van der Waals surface area contributed by atoms with E-state index in [0.29, 0.717) is 24.8 Å². The van der Waals surface area contributed by atoms with Crippen molar-refractivity contribution in [2.75, 3.05) is 25.2 Å². The molecule has 0 aromatic heterocycles. The fourth-order valence-corrected chi connectivity index (χ4v) is 3.61. The molecule has 90 valence electrons. The molecule has 0 aliphatic heterocycles. The SMILES string of the molecule is CN(CC1CCCC1)S(=O)(=O)CCCCl. The average molecular weight is 254 g/mol. The molecular weight excluding hydrogens is 234 g/mol. The highest BCUT2D eigenvalue weighted by molar-refractivity contribution is 7.89. The maximum Gasteiger partial charge on any atom is 0.213 e. The Kier molecular flexibility index (Phi) is 5.36. The number of rotatable bonds is 6. The molecule has 1 rings (SSSR count). The highest BCUT2D eigenvalue weighted by Crippen LogP contribution is 2.25. The van der Waals surface area contributed by atoms with Crippen LogP contribution in [0.2, 0.25) is 0 Å². The Balaban J connectivity index is 2.40. The van der Waals surface area contributed by atoms with E-state index >= 15 is 0 Å². The highest BCUT2D eigenvalue weighted by Gasteiger charge is 2.23. The zero-order chi connectivity index (χ0) is 11.3. The summed E-state index contributed by atoms with van der Waals surface area (Å²) in [6.07, 6.45) is 5.39. The van der Waals surface area contributed by atoms with Crippen molar-refractivity contribution in [2.45, 2.75) is 32.1 Å². The summed E-state index contributed by atoms with van der Waals surface area (Å²) >= 11 is 5.50. The first-order valence-corrected chi connectivity index (χ1v) is 7.70. The third-order valence-corrected chi connectivity index (χ3v) is 5.17. The molecule has 0 atom stereocenters. The molecular formula is C10H20ClNO2S. The van der Waals surface area contributed by atoms with E-state index in [2.05, 4.69) is 0 Å². The monoisotopic (exact) mass is 253 g/mol. The Morgan fingerprint density at radius 3 is 2.47 bits per heavy atom. The van der Waals surface area contributed by atoms with Crippen molar-refractivity contribution < 1.29 is 8.42 Å². The van der Waals surface area contributed by atoms with E-state index in [-0.39, 0.29) is 5.75 Å². The van der Waals surface area contributed by atoms with Crippen LogP contribution in [0.4, 0.5) is 0 Å². The molecule has 3 nitrogen and oxygen atoms in total. The molecule has 0 unspecified atom stereocenters. The predicted molar refractivity (Wildman–Crippen MR) is 63.7 cm³/mol. The number of hydrogen-bond donors (Lipinski definition) is 0. The van der Waals surface area contributed by atoms with Crippen molar-refractivity contribution >= 4 is 21.6 Å². The number of alkyl halides is 1. The normalized spacial score (nSPS) is 18.9. The molecule has 0 N–H and O–H groups in total. The minimum Gasteiger partial charge on any atom is -0.212 e. The lowest BCUT2D eigenvalue weighted by Crippen LogP contribution is -2.33. The van der Waals surface area contributed by atoms with Gasteiger partial charge in [-0.25, -0.2) is 12.7 Å². The average Bonchev–Trinajstić information content (AvgIpc) is 2.67. The van der Waals surface area contributed by atoms with Crippen LogP contribution < -0.4 is 0 Å². The van der Waals surface area contributed by atoms with Crippen molar-refractivity contribution in [3.05, 3.63) is 0 Å². The quantitative estimate of drug-likeness (QED) is 0.680. The van der Waals surface area contributed by atoms with Gasteiger partial charge in [0.25, 0.3) is 0 Å². The third-order valence-electron chi connectivity index (χ3n) is 3.00. The Morgan fingerprint density at radius 1 is 1.33 bits per heavy atom. The molecule has 0 bridgehead atoms. The predicted octanol–water partition coefficient (Wildman–Crippen LogP) is 2.07. The van der Waals surface area contributed by atoms with E-state index < -0.39 is 10.0 Å².